The molecule has 4 N–H and O–H groups in total. The summed E-state index contributed by atoms with van der Waals surface area (Å²) in [6.07, 6.45) is 3.04. The molecule has 1 aliphatic rings. The Morgan fingerprint density at radius 1 is 1.25 bits per heavy atom. The fourth-order valence-electron chi connectivity index (χ4n) is 3.19. The quantitative estimate of drug-likeness (QED) is 0.613. The van der Waals surface area contributed by atoms with Gasteiger partial charge in [0.05, 0.1) is 10.6 Å². The molecule has 28 heavy (non-hydrogen) atoms. The number of carbonyl (C=O) groups is 1. The second-order valence-corrected chi connectivity index (χ2v) is 9.14. The van der Waals surface area contributed by atoms with Crippen LogP contribution in [-0.2, 0) is 6.42 Å². The summed E-state index contributed by atoms with van der Waals surface area (Å²) in [5, 5.41) is 2.93. The number of aromatic nitrogens is 2. The fourth-order valence-corrected chi connectivity index (χ4v) is 4.61. The second-order valence-electron chi connectivity index (χ2n) is 7.22. The van der Waals surface area contributed by atoms with Crippen LogP contribution < -0.4 is 11.5 Å². The molecule has 0 bridgehead atoms. The largest absolute Gasteiger partial charge is 0.375 e. The number of aryl methyl sites for hydroxylation is 1. The molecule has 1 aromatic carbocycles. The van der Waals surface area contributed by atoms with E-state index in [0.717, 1.165) is 28.2 Å². The van der Waals surface area contributed by atoms with E-state index in [1.165, 1.54) is 35.5 Å². The Morgan fingerprint density at radius 2 is 2.07 bits per heavy atom. The molecule has 0 unspecified atom stereocenters. The third kappa shape index (κ3) is 4.34. The normalized spacial score (nSPS) is 13.6. The number of benzene rings is 1. The van der Waals surface area contributed by atoms with Crippen LogP contribution in [0, 0.1) is 12.8 Å². The van der Waals surface area contributed by atoms with E-state index in [2.05, 4.69) is 16.0 Å². The lowest BCUT2D eigenvalue weighted by Gasteiger charge is -2.22. The van der Waals surface area contributed by atoms with Crippen LogP contribution in [0.3, 0.4) is 0 Å². The van der Waals surface area contributed by atoms with Gasteiger partial charge in [-0.05, 0) is 31.2 Å². The summed E-state index contributed by atoms with van der Waals surface area (Å²) in [5.41, 5.74) is 15.2. The highest BCUT2D eigenvalue weighted by molar-refractivity contribution is 7.19. The molecular weight excluding hydrogens is 390 g/mol. The maximum atomic E-state index is 13.4. The third-order valence-corrected chi connectivity index (χ3v) is 6.45. The van der Waals surface area contributed by atoms with Gasteiger partial charge in [-0.15, -0.1) is 11.3 Å². The highest BCUT2D eigenvalue weighted by atomic mass is 32.1. The van der Waals surface area contributed by atoms with Gasteiger partial charge < -0.3 is 16.4 Å². The molecule has 2 aromatic heterocycles. The van der Waals surface area contributed by atoms with Crippen molar-refractivity contribution in [2.24, 2.45) is 5.92 Å². The van der Waals surface area contributed by atoms with Crippen LogP contribution in [0.15, 0.2) is 29.6 Å². The Morgan fingerprint density at radius 3 is 2.75 bits per heavy atom. The Hall–Kier alpha value is -2.45. The van der Waals surface area contributed by atoms with Crippen LogP contribution >= 0.6 is 22.7 Å². The number of anilines is 2. The summed E-state index contributed by atoms with van der Waals surface area (Å²) in [4.78, 5) is 24.8. The first-order valence-electron chi connectivity index (χ1n) is 9.32. The Balaban J connectivity index is 1.59. The summed E-state index contributed by atoms with van der Waals surface area (Å²) in [5.74, 6) is 0.530. The van der Waals surface area contributed by atoms with Gasteiger partial charge in [0.1, 0.15) is 5.69 Å². The number of nitrogens with two attached hydrogens (primary N) is 2. The van der Waals surface area contributed by atoms with Gasteiger partial charge in [0.15, 0.2) is 10.3 Å². The number of nitrogen functional groups attached to an aromatic ring is 2. The van der Waals surface area contributed by atoms with Gasteiger partial charge in [0, 0.05) is 24.9 Å². The van der Waals surface area contributed by atoms with Crippen molar-refractivity contribution in [3.8, 4) is 10.4 Å². The molecule has 6 nitrogen and oxygen atoms in total. The van der Waals surface area contributed by atoms with Crippen molar-refractivity contribution in [1.29, 1.82) is 0 Å². The van der Waals surface area contributed by atoms with Crippen molar-refractivity contribution in [3.05, 3.63) is 46.6 Å². The summed E-state index contributed by atoms with van der Waals surface area (Å²) in [7, 11) is 0. The van der Waals surface area contributed by atoms with E-state index in [1.807, 2.05) is 35.4 Å². The monoisotopic (exact) mass is 413 g/mol. The third-order valence-electron chi connectivity index (χ3n) is 4.80. The van der Waals surface area contributed by atoms with Gasteiger partial charge in [-0.1, -0.05) is 41.2 Å². The lowest BCUT2D eigenvalue weighted by molar-refractivity contribution is 0.0745. The molecule has 0 atom stereocenters. The number of hydrogen-bond acceptors (Lipinski definition) is 7. The number of carbonyl (C=O) groups excluding carboxylic acids is 1. The van der Waals surface area contributed by atoms with E-state index in [9.17, 15) is 4.79 Å². The molecule has 0 spiro atoms. The number of rotatable bonds is 7. The molecule has 0 saturated heterocycles. The average molecular weight is 414 g/mol. The first kappa shape index (κ1) is 18.9. The van der Waals surface area contributed by atoms with E-state index >= 15 is 0 Å². The van der Waals surface area contributed by atoms with E-state index in [0.29, 0.717) is 34.8 Å². The van der Waals surface area contributed by atoms with Gasteiger partial charge in [0.25, 0.3) is 5.91 Å². The Labute approximate surface area is 172 Å². The van der Waals surface area contributed by atoms with Crippen LogP contribution in [0.1, 0.15) is 34.6 Å². The van der Waals surface area contributed by atoms with E-state index in [4.69, 9.17) is 11.5 Å². The minimum absolute atomic E-state index is 0.0560. The van der Waals surface area contributed by atoms with Crippen molar-refractivity contribution in [2.75, 3.05) is 24.6 Å². The molecule has 0 radical (unpaired) electrons. The van der Waals surface area contributed by atoms with Crippen LogP contribution in [0.25, 0.3) is 10.4 Å². The molecule has 1 saturated carbocycles. The van der Waals surface area contributed by atoms with Gasteiger partial charge in [0.2, 0.25) is 0 Å². The van der Waals surface area contributed by atoms with Gasteiger partial charge in [-0.3, -0.25) is 4.79 Å². The van der Waals surface area contributed by atoms with Crippen LogP contribution in [0.2, 0.25) is 0 Å². The number of hydrogen-bond donors (Lipinski definition) is 2. The Bertz CT molecular complexity index is 992. The van der Waals surface area contributed by atoms with E-state index in [1.54, 1.807) is 0 Å². The predicted molar refractivity (Wildman–Crippen MR) is 116 cm³/mol. The summed E-state index contributed by atoms with van der Waals surface area (Å²) in [6.45, 7) is 3.39. The van der Waals surface area contributed by atoms with Crippen LogP contribution in [0.4, 0.5) is 10.3 Å². The van der Waals surface area contributed by atoms with Crippen LogP contribution in [-0.4, -0.2) is 33.9 Å². The first-order valence-corrected chi connectivity index (χ1v) is 11.0. The highest BCUT2D eigenvalue weighted by Gasteiger charge is 2.30. The van der Waals surface area contributed by atoms with Crippen LogP contribution in [0.5, 0.6) is 0 Å². The van der Waals surface area contributed by atoms with Crippen molar-refractivity contribution < 1.29 is 4.79 Å². The average Bonchev–Trinajstić information content (AvgIpc) is 3.26. The van der Waals surface area contributed by atoms with Crippen molar-refractivity contribution in [3.63, 3.8) is 0 Å². The molecule has 1 fully saturated rings. The van der Waals surface area contributed by atoms with Gasteiger partial charge in [-0.25, -0.2) is 9.97 Å². The van der Waals surface area contributed by atoms with E-state index < -0.39 is 0 Å². The van der Waals surface area contributed by atoms with E-state index in [-0.39, 0.29) is 5.91 Å². The zero-order chi connectivity index (χ0) is 19.7. The molecule has 3 aromatic rings. The topological polar surface area (TPSA) is 98.1 Å². The smallest absolute Gasteiger partial charge is 0.274 e. The molecular formula is C20H23N5OS2. The molecule has 1 aliphatic carbocycles. The van der Waals surface area contributed by atoms with Gasteiger partial charge in [-0.2, -0.15) is 0 Å². The highest BCUT2D eigenvalue weighted by Crippen LogP contribution is 2.35. The SMILES string of the molecule is Cc1cccc(-c2sc(N)nc2C(=O)N(CCc2csc(N)n2)CC2CC2)c1. The van der Waals surface area contributed by atoms with Crippen molar-refractivity contribution >= 4 is 38.8 Å². The molecule has 1 amide bonds. The second kappa shape index (κ2) is 7.89. The lowest BCUT2D eigenvalue weighted by atomic mass is 10.1. The fraction of sp³-hybridized carbons (Fsp3) is 0.350. The zero-order valence-corrected chi connectivity index (χ0v) is 17.4. The maximum Gasteiger partial charge on any atom is 0.274 e. The number of amides is 1. The summed E-state index contributed by atoms with van der Waals surface area (Å²) >= 11 is 2.79. The molecule has 4 rings (SSSR count). The standard InChI is InChI=1S/C20H23N5OS2/c1-12-3-2-4-14(9-12)17-16(24-20(22)28-17)18(26)25(10-13-5-6-13)8-7-15-11-27-19(21)23-15/h2-4,9,11,13H,5-8,10H2,1H3,(H2,21,23)(H2,22,24). The maximum absolute atomic E-state index is 13.4. The molecule has 8 heteroatoms. The Kier molecular flexibility index (Phi) is 5.32. The molecule has 146 valence electrons. The van der Waals surface area contributed by atoms with Crippen molar-refractivity contribution in [2.45, 2.75) is 26.2 Å². The predicted octanol–water partition coefficient (Wildman–Crippen LogP) is 3.83. The van der Waals surface area contributed by atoms with Gasteiger partial charge >= 0.3 is 0 Å². The summed E-state index contributed by atoms with van der Waals surface area (Å²) < 4.78 is 0. The number of thiazole rings is 2. The lowest BCUT2D eigenvalue weighted by Crippen LogP contribution is -2.35. The molecule has 2 heterocycles. The van der Waals surface area contributed by atoms with Crippen molar-refractivity contribution in [1.82, 2.24) is 14.9 Å². The minimum Gasteiger partial charge on any atom is -0.375 e. The molecule has 0 aliphatic heterocycles. The number of nitrogens with zero attached hydrogens (tertiary/aromatic N) is 3. The summed E-state index contributed by atoms with van der Waals surface area (Å²) in [6, 6.07) is 8.09. The zero-order valence-electron chi connectivity index (χ0n) is 15.7. The minimum atomic E-state index is -0.0560. The first-order chi connectivity index (χ1) is 13.5.